The molecule has 1 unspecified atom stereocenters. The molecule has 5 nitrogen and oxygen atoms in total. The van der Waals surface area contributed by atoms with Gasteiger partial charge < -0.3 is 5.11 Å². The van der Waals surface area contributed by atoms with Crippen molar-refractivity contribution in [3.05, 3.63) is 34.9 Å². The largest absolute Gasteiger partial charge is 0.388 e. The van der Waals surface area contributed by atoms with Crippen LogP contribution in [0.2, 0.25) is 0 Å². The van der Waals surface area contributed by atoms with E-state index in [2.05, 4.69) is 10.2 Å². The predicted octanol–water partition coefficient (Wildman–Crippen LogP) is 1.44. The topological polar surface area (TPSA) is 55.9 Å². The fourth-order valence-electron chi connectivity index (χ4n) is 2.35. The molecule has 2 heterocycles. The Labute approximate surface area is 107 Å². The Bertz CT molecular complexity index is 541. The number of aryl methyl sites for hydroxylation is 4. The van der Waals surface area contributed by atoms with Crippen LogP contribution >= 0.6 is 0 Å². The van der Waals surface area contributed by atoms with Gasteiger partial charge >= 0.3 is 0 Å². The molecule has 0 bridgehead atoms. The van der Waals surface area contributed by atoms with E-state index in [0.29, 0.717) is 6.42 Å². The summed E-state index contributed by atoms with van der Waals surface area (Å²) in [6.07, 6.45) is 2.81. The second kappa shape index (κ2) is 4.94. The molecule has 5 heteroatoms. The molecular weight excluding hydrogens is 228 g/mol. The molecule has 0 spiro atoms. The smallest absolute Gasteiger partial charge is 0.0829 e. The molecule has 0 saturated carbocycles. The van der Waals surface area contributed by atoms with Crippen LogP contribution in [0.4, 0.5) is 0 Å². The van der Waals surface area contributed by atoms with Gasteiger partial charge in [0.25, 0.3) is 0 Å². The molecule has 0 amide bonds. The Morgan fingerprint density at radius 1 is 1.28 bits per heavy atom. The van der Waals surface area contributed by atoms with Crippen molar-refractivity contribution in [2.24, 2.45) is 14.1 Å². The molecule has 2 aromatic rings. The third-order valence-electron chi connectivity index (χ3n) is 3.49. The number of aromatic nitrogens is 4. The van der Waals surface area contributed by atoms with Crippen LogP contribution in [0.5, 0.6) is 0 Å². The second-order valence-electron chi connectivity index (χ2n) is 4.71. The molecule has 1 N–H and O–H groups in total. The highest BCUT2D eigenvalue weighted by atomic mass is 16.3. The second-order valence-corrected chi connectivity index (χ2v) is 4.71. The fourth-order valence-corrected chi connectivity index (χ4v) is 2.35. The minimum Gasteiger partial charge on any atom is -0.388 e. The zero-order valence-corrected chi connectivity index (χ0v) is 11.4. The number of aliphatic hydroxyl groups excluding tert-OH is 1. The number of nitrogens with zero attached hydrogens (tertiary/aromatic N) is 4. The van der Waals surface area contributed by atoms with Gasteiger partial charge in [-0.25, -0.2) is 0 Å². The van der Waals surface area contributed by atoms with Gasteiger partial charge in [0, 0.05) is 37.2 Å². The molecule has 0 aliphatic rings. The van der Waals surface area contributed by atoms with Crippen LogP contribution in [0.1, 0.15) is 35.2 Å². The molecule has 1 atom stereocenters. The van der Waals surface area contributed by atoms with Gasteiger partial charge in [0.15, 0.2) is 0 Å². The van der Waals surface area contributed by atoms with Gasteiger partial charge in [-0.15, -0.1) is 0 Å². The van der Waals surface area contributed by atoms with Gasteiger partial charge in [0.2, 0.25) is 0 Å². The van der Waals surface area contributed by atoms with Gasteiger partial charge in [-0.05, 0) is 32.8 Å². The maximum Gasteiger partial charge on any atom is 0.0829 e. The van der Waals surface area contributed by atoms with Crippen molar-refractivity contribution >= 4 is 0 Å². The lowest BCUT2D eigenvalue weighted by molar-refractivity contribution is 0.165. The van der Waals surface area contributed by atoms with E-state index in [1.807, 2.05) is 43.4 Å². The summed E-state index contributed by atoms with van der Waals surface area (Å²) in [6, 6.07) is 1.98. The van der Waals surface area contributed by atoms with Crippen molar-refractivity contribution in [3.8, 4) is 0 Å². The summed E-state index contributed by atoms with van der Waals surface area (Å²) < 4.78 is 3.66. The van der Waals surface area contributed by atoms with Gasteiger partial charge in [-0.3, -0.25) is 9.36 Å². The van der Waals surface area contributed by atoms with E-state index in [0.717, 1.165) is 29.1 Å². The molecule has 18 heavy (non-hydrogen) atoms. The number of hydrogen-bond donors (Lipinski definition) is 1. The van der Waals surface area contributed by atoms with Crippen LogP contribution in [0, 0.1) is 13.8 Å². The Morgan fingerprint density at radius 2 is 2.00 bits per heavy atom. The van der Waals surface area contributed by atoms with E-state index in [4.69, 9.17) is 0 Å². The van der Waals surface area contributed by atoms with Crippen molar-refractivity contribution in [3.63, 3.8) is 0 Å². The average molecular weight is 248 g/mol. The van der Waals surface area contributed by atoms with E-state index < -0.39 is 6.10 Å². The molecule has 0 saturated heterocycles. The van der Waals surface area contributed by atoms with Crippen LogP contribution in [-0.2, 0) is 20.5 Å². The Hall–Kier alpha value is -1.62. The first kappa shape index (κ1) is 12.8. The van der Waals surface area contributed by atoms with Gasteiger partial charge in [-0.2, -0.15) is 10.2 Å². The van der Waals surface area contributed by atoms with Crippen molar-refractivity contribution in [2.75, 3.05) is 0 Å². The quantitative estimate of drug-likeness (QED) is 0.890. The van der Waals surface area contributed by atoms with E-state index in [9.17, 15) is 5.11 Å². The van der Waals surface area contributed by atoms with Crippen LogP contribution in [0.25, 0.3) is 0 Å². The monoisotopic (exact) mass is 248 g/mol. The lowest BCUT2D eigenvalue weighted by atomic mass is 10.0. The molecule has 2 rings (SSSR count). The minimum atomic E-state index is -0.464. The molecule has 2 aromatic heterocycles. The van der Waals surface area contributed by atoms with Gasteiger partial charge in [0.1, 0.15) is 0 Å². The third-order valence-corrected chi connectivity index (χ3v) is 3.49. The van der Waals surface area contributed by atoms with Crippen LogP contribution < -0.4 is 0 Å². The molecule has 0 fully saturated rings. The first-order valence-corrected chi connectivity index (χ1v) is 6.15. The summed E-state index contributed by atoms with van der Waals surface area (Å²) in [5.74, 6) is 0. The van der Waals surface area contributed by atoms with E-state index in [1.54, 1.807) is 6.20 Å². The summed E-state index contributed by atoms with van der Waals surface area (Å²) >= 11 is 0. The van der Waals surface area contributed by atoms with Gasteiger partial charge in [-0.1, -0.05) is 0 Å². The lowest BCUT2D eigenvalue weighted by Gasteiger charge is -2.11. The summed E-state index contributed by atoms with van der Waals surface area (Å²) in [5.41, 5.74) is 4.03. The normalized spacial score (nSPS) is 12.9. The summed E-state index contributed by atoms with van der Waals surface area (Å²) in [4.78, 5) is 0. The summed E-state index contributed by atoms with van der Waals surface area (Å²) in [5, 5.41) is 18.8. The van der Waals surface area contributed by atoms with Crippen LogP contribution in [0.15, 0.2) is 12.3 Å². The molecule has 0 aliphatic carbocycles. The number of rotatable bonds is 4. The number of aliphatic hydroxyl groups is 1. The van der Waals surface area contributed by atoms with E-state index in [1.165, 1.54) is 0 Å². The van der Waals surface area contributed by atoms with Crippen molar-refractivity contribution in [1.29, 1.82) is 0 Å². The highest BCUT2D eigenvalue weighted by molar-refractivity contribution is 5.26. The third kappa shape index (κ3) is 2.31. The maximum atomic E-state index is 10.3. The Balaban J connectivity index is 2.08. The minimum absolute atomic E-state index is 0.464. The zero-order valence-electron chi connectivity index (χ0n) is 11.4. The van der Waals surface area contributed by atoms with E-state index >= 15 is 0 Å². The highest BCUT2D eigenvalue weighted by Gasteiger charge is 2.18. The van der Waals surface area contributed by atoms with Crippen molar-refractivity contribution < 1.29 is 5.11 Å². The average Bonchev–Trinajstić information content (AvgIpc) is 2.81. The zero-order chi connectivity index (χ0) is 13.3. The highest BCUT2D eigenvalue weighted by Crippen LogP contribution is 2.24. The van der Waals surface area contributed by atoms with Crippen molar-refractivity contribution in [2.45, 2.75) is 32.8 Å². The first-order valence-electron chi connectivity index (χ1n) is 6.15. The Kier molecular flexibility index (Phi) is 3.52. The van der Waals surface area contributed by atoms with Crippen LogP contribution in [0.3, 0.4) is 0 Å². The maximum absolute atomic E-state index is 10.3. The lowest BCUT2D eigenvalue weighted by Crippen LogP contribution is -2.05. The fraction of sp³-hybridized carbons (Fsp3) is 0.538. The molecule has 0 radical (unpaired) electrons. The molecule has 0 aliphatic heterocycles. The standard InChI is InChI=1S/C13H20N4O/c1-9-13(10(2)16(3)15-9)12(18)6-5-11-7-8-14-17(11)4/h7-8,12,18H,5-6H2,1-4H3. The SMILES string of the molecule is Cc1nn(C)c(C)c1C(O)CCc1ccnn1C. The predicted molar refractivity (Wildman–Crippen MR) is 69.2 cm³/mol. The molecular formula is C13H20N4O. The summed E-state index contributed by atoms with van der Waals surface area (Å²) in [7, 11) is 3.82. The summed E-state index contributed by atoms with van der Waals surface area (Å²) in [6.45, 7) is 3.93. The number of hydrogen-bond acceptors (Lipinski definition) is 3. The van der Waals surface area contributed by atoms with E-state index in [-0.39, 0.29) is 0 Å². The van der Waals surface area contributed by atoms with Gasteiger partial charge in [0.05, 0.1) is 11.8 Å². The van der Waals surface area contributed by atoms with Crippen molar-refractivity contribution in [1.82, 2.24) is 19.6 Å². The molecule has 98 valence electrons. The Morgan fingerprint density at radius 3 is 2.50 bits per heavy atom. The first-order chi connectivity index (χ1) is 8.50. The molecule has 0 aromatic carbocycles. The van der Waals surface area contributed by atoms with Crippen LogP contribution in [-0.4, -0.2) is 24.7 Å².